The molecule has 2 aromatic rings. The number of halogens is 2. The molecule has 4 rings (SSSR count). The van der Waals surface area contributed by atoms with Crippen LogP contribution in [-0.2, 0) is 0 Å². The van der Waals surface area contributed by atoms with Crippen molar-refractivity contribution < 1.29 is 4.74 Å². The lowest BCUT2D eigenvalue weighted by Crippen LogP contribution is -2.29. The smallest absolute Gasteiger partial charge is 0.174 e. The summed E-state index contributed by atoms with van der Waals surface area (Å²) in [6, 6.07) is 13.8. The summed E-state index contributed by atoms with van der Waals surface area (Å²) in [4.78, 5) is 0. The lowest BCUT2D eigenvalue weighted by atomic mass is 9.77. The second-order valence-corrected chi connectivity index (χ2v) is 7.18. The van der Waals surface area contributed by atoms with E-state index in [4.69, 9.17) is 33.2 Å². The van der Waals surface area contributed by atoms with Crippen LogP contribution in [0.3, 0.4) is 0 Å². The average molecular weight is 371 g/mol. The van der Waals surface area contributed by atoms with Crippen LogP contribution < -0.4 is 10.1 Å². The first kappa shape index (κ1) is 16.3. The Labute approximate surface area is 156 Å². The molecule has 5 heteroatoms. The molecule has 2 aromatic carbocycles. The second kappa shape index (κ2) is 6.63. The van der Waals surface area contributed by atoms with Gasteiger partial charge in [0.05, 0.1) is 6.04 Å². The predicted molar refractivity (Wildman–Crippen MR) is 100 cm³/mol. The molecular formula is C20H16Cl2N2O. The maximum Gasteiger partial charge on any atom is 0.174 e. The van der Waals surface area contributed by atoms with Crippen molar-refractivity contribution in [3.8, 4) is 11.8 Å². The van der Waals surface area contributed by atoms with E-state index in [-0.39, 0.29) is 12.6 Å². The summed E-state index contributed by atoms with van der Waals surface area (Å²) in [5, 5.41) is 13.6. The first-order valence-electron chi connectivity index (χ1n) is 8.19. The fourth-order valence-corrected chi connectivity index (χ4v) is 4.48. The van der Waals surface area contributed by atoms with Gasteiger partial charge in [-0.25, -0.2) is 0 Å². The molecule has 2 aliphatic rings. The van der Waals surface area contributed by atoms with Crippen LogP contribution in [-0.4, -0.2) is 6.61 Å². The van der Waals surface area contributed by atoms with Crippen molar-refractivity contribution >= 4 is 28.9 Å². The van der Waals surface area contributed by atoms with E-state index in [1.54, 1.807) is 0 Å². The standard InChI is InChI=1S/C20H16Cl2N2O/c21-13-10-17(22)19-15-2-1-3-16(15)20(24-18(19)11-13)12-4-6-14(7-5-12)25-9-8-23/h1-2,4-7,10-11,15-16,20,24H,3,9H2/t15-,16-,20+/m1/s1. The minimum absolute atomic E-state index is 0.0556. The number of anilines is 1. The Morgan fingerprint density at radius 1 is 1.20 bits per heavy atom. The highest BCUT2D eigenvalue weighted by Crippen LogP contribution is 2.52. The summed E-state index contributed by atoms with van der Waals surface area (Å²) in [6.07, 6.45) is 5.49. The molecule has 3 atom stereocenters. The van der Waals surface area contributed by atoms with E-state index in [2.05, 4.69) is 29.6 Å². The van der Waals surface area contributed by atoms with Crippen LogP contribution in [0.2, 0.25) is 10.0 Å². The fraction of sp³-hybridized carbons (Fsp3) is 0.250. The quantitative estimate of drug-likeness (QED) is 0.702. The van der Waals surface area contributed by atoms with Gasteiger partial charge in [-0.15, -0.1) is 0 Å². The zero-order chi connectivity index (χ0) is 17.4. The van der Waals surface area contributed by atoms with E-state index < -0.39 is 0 Å². The number of rotatable bonds is 3. The summed E-state index contributed by atoms with van der Waals surface area (Å²) in [5.41, 5.74) is 3.32. The molecule has 0 aromatic heterocycles. The molecule has 0 fully saturated rings. The third-order valence-corrected chi connectivity index (χ3v) is 5.45. The van der Waals surface area contributed by atoms with Crippen molar-refractivity contribution in [3.63, 3.8) is 0 Å². The summed E-state index contributed by atoms with van der Waals surface area (Å²) in [7, 11) is 0. The van der Waals surface area contributed by atoms with Crippen molar-refractivity contribution in [2.24, 2.45) is 5.92 Å². The first-order valence-corrected chi connectivity index (χ1v) is 8.95. The van der Waals surface area contributed by atoms with E-state index in [1.165, 1.54) is 5.56 Å². The largest absolute Gasteiger partial charge is 0.479 e. The Bertz CT molecular complexity index is 871. The van der Waals surface area contributed by atoms with E-state index in [0.717, 1.165) is 22.7 Å². The molecule has 0 spiro atoms. The zero-order valence-electron chi connectivity index (χ0n) is 13.4. The number of benzene rings is 2. The molecule has 1 N–H and O–H groups in total. The topological polar surface area (TPSA) is 45.0 Å². The molecule has 1 heterocycles. The number of fused-ring (bicyclic) bond motifs is 3. The van der Waals surface area contributed by atoms with Crippen molar-refractivity contribution in [1.82, 2.24) is 0 Å². The van der Waals surface area contributed by atoms with Gasteiger partial charge in [0.25, 0.3) is 0 Å². The van der Waals surface area contributed by atoms with Crippen LogP contribution in [0, 0.1) is 17.2 Å². The maximum atomic E-state index is 8.61. The Hall–Kier alpha value is -2.15. The third kappa shape index (κ3) is 2.97. The number of ether oxygens (including phenoxy) is 1. The minimum Gasteiger partial charge on any atom is -0.479 e. The van der Waals surface area contributed by atoms with Crippen molar-refractivity contribution in [2.75, 3.05) is 11.9 Å². The molecule has 0 unspecified atom stereocenters. The van der Waals surface area contributed by atoms with Crippen molar-refractivity contribution in [3.05, 3.63) is 69.7 Å². The van der Waals surface area contributed by atoms with E-state index in [9.17, 15) is 0 Å². The Morgan fingerprint density at radius 2 is 2.00 bits per heavy atom. The van der Waals surface area contributed by atoms with Crippen LogP contribution in [0.1, 0.15) is 29.5 Å². The number of nitrogens with one attached hydrogen (secondary N) is 1. The predicted octanol–water partition coefficient (Wildman–Crippen LogP) is 5.72. The Morgan fingerprint density at radius 3 is 2.76 bits per heavy atom. The highest BCUT2D eigenvalue weighted by Gasteiger charge is 2.39. The van der Waals surface area contributed by atoms with E-state index in [0.29, 0.717) is 22.6 Å². The number of hydrogen-bond donors (Lipinski definition) is 1. The van der Waals surface area contributed by atoms with E-state index >= 15 is 0 Å². The molecule has 0 saturated carbocycles. The molecule has 0 bridgehead atoms. The van der Waals surface area contributed by atoms with Gasteiger partial charge >= 0.3 is 0 Å². The van der Waals surface area contributed by atoms with Crippen molar-refractivity contribution in [1.29, 1.82) is 5.26 Å². The summed E-state index contributed by atoms with van der Waals surface area (Å²) in [6.45, 7) is 0.0556. The molecule has 0 saturated heterocycles. The zero-order valence-corrected chi connectivity index (χ0v) is 14.9. The van der Waals surface area contributed by atoms with Crippen LogP contribution in [0.25, 0.3) is 0 Å². The van der Waals surface area contributed by atoms with Crippen molar-refractivity contribution in [2.45, 2.75) is 18.4 Å². The number of allylic oxidation sites excluding steroid dienone is 2. The van der Waals surface area contributed by atoms with Gasteiger partial charge < -0.3 is 10.1 Å². The molecule has 0 amide bonds. The minimum atomic E-state index is 0.0556. The highest BCUT2D eigenvalue weighted by atomic mass is 35.5. The lowest BCUT2D eigenvalue weighted by molar-refractivity contribution is 0.367. The van der Waals surface area contributed by atoms with Crippen LogP contribution in [0.4, 0.5) is 5.69 Å². The average Bonchev–Trinajstić information content (AvgIpc) is 3.08. The summed E-state index contributed by atoms with van der Waals surface area (Å²) in [5.74, 6) is 1.41. The molecule has 126 valence electrons. The van der Waals surface area contributed by atoms with Gasteiger partial charge in [-0.2, -0.15) is 5.26 Å². The second-order valence-electron chi connectivity index (χ2n) is 6.34. The maximum absolute atomic E-state index is 8.61. The van der Waals surface area contributed by atoms with Gasteiger partial charge in [-0.1, -0.05) is 47.5 Å². The third-order valence-electron chi connectivity index (χ3n) is 4.92. The normalized spacial score (nSPS) is 23.3. The van der Waals surface area contributed by atoms with Crippen LogP contribution in [0.5, 0.6) is 5.75 Å². The van der Waals surface area contributed by atoms with Crippen LogP contribution >= 0.6 is 23.2 Å². The monoisotopic (exact) mass is 370 g/mol. The SMILES string of the molecule is N#CCOc1ccc([C@@H]2Nc3cc(Cl)cc(Cl)c3[C@@H]3C=CC[C@H]32)cc1. The number of nitriles is 1. The molecule has 25 heavy (non-hydrogen) atoms. The number of hydrogen-bond acceptors (Lipinski definition) is 3. The van der Waals surface area contributed by atoms with Gasteiger partial charge in [0.1, 0.15) is 11.8 Å². The highest BCUT2D eigenvalue weighted by molar-refractivity contribution is 6.35. The summed E-state index contributed by atoms with van der Waals surface area (Å²) >= 11 is 12.7. The van der Waals surface area contributed by atoms with Gasteiger partial charge in [0.2, 0.25) is 0 Å². The van der Waals surface area contributed by atoms with Crippen LogP contribution in [0.15, 0.2) is 48.6 Å². The van der Waals surface area contributed by atoms with Gasteiger partial charge in [0.15, 0.2) is 6.61 Å². The molecule has 1 aliphatic heterocycles. The molecule has 1 aliphatic carbocycles. The van der Waals surface area contributed by atoms with Gasteiger partial charge in [-0.3, -0.25) is 0 Å². The summed E-state index contributed by atoms with van der Waals surface area (Å²) < 4.78 is 5.34. The molecule has 0 radical (unpaired) electrons. The van der Waals surface area contributed by atoms with Gasteiger partial charge in [0, 0.05) is 27.2 Å². The molecule has 3 nitrogen and oxygen atoms in total. The van der Waals surface area contributed by atoms with Gasteiger partial charge in [-0.05, 0) is 42.2 Å². The first-order chi connectivity index (χ1) is 12.2. The molecular weight excluding hydrogens is 355 g/mol. The Kier molecular flexibility index (Phi) is 4.33. The Balaban J connectivity index is 1.68. The number of nitrogens with zero attached hydrogens (tertiary/aromatic N) is 1. The fourth-order valence-electron chi connectivity index (χ4n) is 3.86. The van der Waals surface area contributed by atoms with E-state index in [1.807, 2.05) is 30.3 Å². The lowest BCUT2D eigenvalue weighted by Gasteiger charge is -2.38.